The van der Waals surface area contributed by atoms with Gasteiger partial charge in [-0.25, -0.2) is 0 Å². The number of aryl methyl sites for hydroxylation is 1. The SMILES string of the molecule is CCCCCCC(=NO)C(=NO)c1ccc(C)cc1. The van der Waals surface area contributed by atoms with Gasteiger partial charge in [0.05, 0.1) is 0 Å². The number of unbranched alkanes of at least 4 members (excludes halogenated alkanes) is 3. The van der Waals surface area contributed by atoms with Crippen LogP contribution in [0.4, 0.5) is 0 Å². The van der Waals surface area contributed by atoms with Gasteiger partial charge in [0.25, 0.3) is 0 Å². The number of benzene rings is 1. The van der Waals surface area contributed by atoms with Gasteiger partial charge in [0.15, 0.2) is 0 Å². The molecule has 19 heavy (non-hydrogen) atoms. The van der Waals surface area contributed by atoms with E-state index in [0.29, 0.717) is 17.8 Å². The van der Waals surface area contributed by atoms with Gasteiger partial charge in [-0.2, -0.15) is 0 Å². The lowest BCUT2D eigenvalue weighted by Crippen LogP contribution is -2.16. The number of rotatable bonds is 7. The molecule has 0 aliphatic rings. The molecule has 0 aromatic heterocycles. The zero-order valence-corrected chi connectivity index (χ0v) is 11.6. The van der Waals surface area contributed by atoms with Gasteiger partial charge < -0.3 is 10.4 Å². The molecule has 0 bridgehead atoms. The lowest BCUT2D eigenvalue weighted by molar-refractivity contribution is 0.313. The second kappa shape index (κ2) is 8.29. The van der Waals surface area contributed by atoms with Crippen molar-refractivity contribution < 1.29 is 10.4 Å². The van der Waals surface area contributed by atoms with Crippen LogP contribution in [-0.2, 0) is 0 Å². The summed E-state index contributed by atoms with van der Waals surface area (Å²) in [5.41, 5.74) is 2.67. The number of nitrogens with zero attached hydrogens (tertiary/aromatic N) is 2. The molecule has 4 heteroatoms. The molecule has 0 aliphatic heterocycles. The average Bonchev–Trinajstić information content (AvgIpc) is 2.44. The van der Waals surface area contributed by atoms with Gasteiger partial charge in [-0.3, -0.25) is 0 Å². The molecule has 0 spiro atoms. The molecule has 0 aliphatic carbocycles. The summed E-state index contributed by atoms with van der Waals surface area (Å²) in [5.74, 6) is 0. The molecule has 0 atom stereocenters. The van der Waals surface area contributed by atoms with E-state index in [1.807, 2.05) is 31.2 Å². The Morgan fingerprint density at radius 3 is 2.21 bits per heavy atom. The van der Waals surface area contributed by atoms with E-state index < -0.39 is 0 Å². The highest BCUT2D eigenvalue weighted by Gasteiger charge is 2.13. The molecule has 0 fully saturated rings. The smallest absolute Gasteiger partial charge is 0.134 e. The van der Waals surface area contributed by atoms with Gasteiger partial charge in [-0.1, -0.05) is 66.3 Å². The van der Waals surface area contributed by atoms with E-state index in [1.54, 1.807) is 0 Å². The Balaban J connectivity index is 2.74. The Kier molecular flexibility index (Phi) is 6.64. The number of hydrogen-bond donors (Lipinski definition) is 2. The van der Waals surface area contributed by atoms with Crippen molar-refractivity contribution in [2.24, 2.45) is 10.3 Å². The third-order valence-electron chi connectivity index (χ3n) is 3.09. The van der Waals surface area contributed by atoms with Crippen LogP contribution in [0.5, 0.6) is 0 Å². The van der Waals surface area contributed by atoms with E-state index in [1.165, 1.54) is 0 Å². The van der Waals surface area contributed by atoms with Crippen LogP contribution < -0.4 is 0 Å². The Morgan fingerprint density at radius 2 is 1.68 bits per heavy atom. The van der Waals surface area contributed by atoms with Crippen LogP contribution in [0, 0.1) is 6.92 Å². The van der Waals surface area contributed by atoms with E-state index in [0.717, 1.165) is 36.8 Å². The Hall–Kier alpha value is -1.84. The molecule has 104 valence electrons. The lowest BCUT2D eigenvalue weighted by Gasteiger charge is -2.07. The van der Waals surface area contributed by atoms with Gasteiger partial charge in [-0.15, -0.1) is 0 Å². The van der Waals surface area contributed by atoms with Crippen LogP contribution in [-0.4, -0.2) is 21.8 Å². The minimum Gasteiger partial charge on any atom is -0.411 e. The highest BCUT2D eigenvalue weighted by atomic mass is 16.4. The molecule has 1 aromatic carbocycles. The molecule has 0 saturated heterocycles. The van der Waals surface area contributed by atoms with E-state index in [2.05, 4.69) is 17.2 Å². The van der Waals surface area contributed by atoms with Gasteiger partial charge in [-0.05, 0) is 19.8 Å². The first kappa shape index (κ1) is 15.2. The summed E-state index contributed by atoms with van der Waals surface area (Å²) in [4.78, 5) is 0. The fourth-order valence-corrected chi connectivity index (χ4v) is 1.93. The third-order valence-corrected chi connectivity index (χ3v) is 3.09. The van der Waals surface area contributed by atoms with Crippen molar-refractivity contribution >= 4 is 11.4 Å². The fraction of sp³-hybridized carbons (Fsp3) is 0.467. The lowest BCUT2D eigenvalue weighted by atomic mass is 10.00. The summed E-state index contributed by atoms with van der Waals surface area (Å²) in [6.45, 7) is 4.14. The molecular formula is C15H22N2O2. The largest absolute Gasteiger partial charge is 0.411 e. The molecule has 0 amide bonds. The van der Waals surface area contributed by atoms with Crippen molar-refractivity contribution in [1.82, 2.24) is 0 Å². The van der Waals surface area contributed by atoms with Gasteiger partial charge in [0, 0.05) is 5.56 Å². The molecule has 0 saturated carbocycles. The maximum absolute atomic E-state index is 9.15. The summed E-state index contributed by atoms with van der Waals surface area (Å²) < 4.78 is 0. The molecule has 1 aromatic rings. The zero-order chi connectivity index (χ0) is 14.1. The third kappa shape index (κ3) is 4.73. The van der Waals surface area contributed by atoms with Crippen molar-refractivity contribution in [1.29, 1.82) is 0 Å². The summed E-state index contributed by atoms with van der Waals surface area (Å²) in [7, 11) is 0. The van der Waals surface area contributed by atoms with Crippen LogP contribution in [0.25, 0.3) is 0 Å². The van der Waals surface area contributed by atoms with Crippen LogP contribution in [0.2, 0.25) is 0 Å². The second-order valence-corrected chi connectivity index (χ2v) is 4.67. The van der Waals surface area contributed by atoms with Crippen molar-refractivity contribution in [3.63, 3.8) is 0 Å². The van der Waals surface area contributed by atoms with Crippen LogP contribution in [0.1, 0.15) is 50.2 Å². The first-order valence-corrected chi connectivity index (χ1v) is 6.73. The van der Waals surface area contributed by atoms with E-state index in [4.69, 9.17) is 10.4 Å². The molecule has 1 rings (SSSR count). The van der Waals surface area contributed by atoms with Gasteiger partial charge in [0.1, 0.15) is 11.4 Å². The Morgan fingerprint density at radius 1 is 1.00 bits per heavy atom. The Labute approximate surface area is 114 Å². The fourth-order valence-electron chi connectivity index (χ4n) is 1.93. The topological polar surface area (TPSA) is 65.2 Å². The van der Waals surface area contributed by atoms with Gasteiger partial charge >= 0.3 is 0 Å². The molecule has 2 N–H and O–H groups in total. The Bertz CT molecular complexity index is 436. The molecular weight excluding hydrogens is 240 g/mol. The standard InChI is InChI=1S/C15H22N2O2/c1-3-4-5-6-7-14(16-18)15(17-19)13-10-8-12(2)9-11-13/h8-11,18-19H,3-7H2,1-2H3. The molecule has 0 unspecified atom stereocenters. The van der Waals surface area contributed by atoms with Crippen molar-refractivity contribution in [3.8, 4) is 0 Å². The summed E-state index contributed by atoms with van der Waals surface area (Å²) in [6.07, 6.45) is 4.95. The maximum atomic E-state index is 9.15. The van der Waals surface area contributed by atoms with E-state index in [9.17, 15) is 0 Å². The minimum absolute atomic E-state index is 0.346. The predicted molar refractivity (Wildman–Crippen MR) is 77.5 cm³/mol. The number of oxime groups is 2. The molecule has 4 nitrogen and oxygen atoms in total. The monoisotopic (exact) mass is 262 g/mol. The second-order valence-electron chi connectivity index (χ2n) is 4.67. The average molecular weight is 262 g/mol. The van der Waals surface area contributed by atoms with Crippen molar-refractivity contribution in [2.75, 3.05) is 0 Å². The van der Waals surface area contributed by atoms with E-state index >= 15 is 0 Å². The predicted octanol–water partition coefficient (Wildman–Crippen LogP) is 3.97. The first-order chi connectivity index (χ1) is 9.22. The number of hydrogen-bond acceptors (Lipinski definition) is 4. The van der Waals surface area contributed by atoms with Crippen LogP contribution in [0.15, 0.2) is 34.6 Å². The van der Waals surface area contributed by atoms with Crippen LogP contribution in [0.3, 0.4) is 0 Å². The summed E-state index contributed by atoms with van der Waals surface area (Å²) >= 11 is 0. The summed E-state index contributed by atoms with van der Waals surface area (Å²) in [6, 6.07) is 7.60. The van der Waals surface area contributed by atoms with Crippen molar-refractivity contribution in [2.45, 2.75) is 46.0 Å². The zero-order valence-electron chi connectivity index (χ0n) is 11.6. The van der Waals surface area contributed by atoms with E-state index in [-0.39, 0.29) is 0 Å². The molecule has 0 radical (unpaired) electrons. The quantitative estimate of drug-likeness (QED) is 0.338. The highest BCUT2D eigenvalue weighted by Crippen LogP contribution is 2.11. The first-order valence-electron chi connectivity index (χ1n) is 6.73. The molecule has 0 heterocycles. The summed E-state index contributed by atoms with van der Waals surface area (Å²) in [5, 5.41) is 24.8. The maximum Gasteiger partial charge on any atom is 0.134 e. The normalized spacial score (nSPS) is 12.7. The minimum atomic E-state index is 0.346. The highest BCUT2D eigenvalue weighted by molar-refractivity contribution is 6.48. The van der Waals surface area contributed by atoms with Crippen molar-refractivity contribution in [3.05, 3.63) is 35.4 Å². The van der Waals surface area contributed by atoms with Gasteiger partial charge in [0.2, 0.25) is 0 Å². The van der Waals surface area contributed by atoms with Crippen LogP contribution >= 0.6 is 0 Å².